The van der Waals surface area contributed by atoms with Crippen molar-refractivity contribution in [3.63, 3.8) is 0 Å². The van der Waals surface area contributed by atoms with E-state index in [-0.39, 0.29) is 5.75 Å². The molecule has 0 bridgehead atoms. The van der Waals surface area contributed by atoms with Crippen molar-refractivity contribution in [2.45, 2.75) is 13.8 Å². The summed E-state index contributed by atoms with van der Waals surface area (Å²) in [5.74, 6) is 0.193. The number of halogens is 1. The zero-order valence-corrected chi connectivity index (χ0v) is 8.59. The van der Waals surface area contributed by atoms with Gasteiger partial charge in [-0.25, -0.2) is 0 Å². The highest BCUT2D eigenvalue weighted by Crippen LogP contribution is 2.33. The number of para-hydroxylation sites is 1. The van der Waals surface area contributed by atoms with Gasteiger partial charge in [0, 0.05) is 5.71 Å². The van der Waals surface area contributed by atoms with E-state index < -0.39 is 0 Å². The first-order valence-electron chi connectivity index (χ1n) is 3.60. The largest absolute Gasteiger partial charge is 0.505 e. The number of rotatable bonds is 1. The zero-order valence-electron chi connectivity index (χ0n) is 7.00. The van der Waals surface area contributed by atoms with E-state index in [9.17, 15) is 5.11 Å². The van der Waals surface area contributed by atoms with Crippen LogP contribution in [-0.2, 0) is 0 Å². The highest BCUT2D eigenvalue weighted by atomic mass is 79.9. The lowest BCUT2D eigenvalue weighted by Crippen LogP contribution is -1.79. The number of aromatic hydroxyl groups is 1. The van der Waals surface area contributed by atoms with Crippen LogP contribution in [0.15, 0.2) is 27.7 Å². The molecule has 0 radical (unpaired) electrons. The molecule has 0 aliphatic rings. The molecule has 0 heterocycles. The van der Waals surface area contributed by atoms with Gasteiger partial charge < -0.3 is 5.11 Å². The number of phenolic OH excluding ortho intramolecular Hbond substituents is 1. The standard InChI is InChI=1S/C9H10BrNO/c1-6(2)11-8-5-3-4-7(10)9(8)12/h3-5,12H,1-2H3. The van der Waals surface area contributed by atoms with Gasteiger partial charge in [-0.3, -0.25) is 4.99 Å². The Morgan fingerprint density at radius 2 is 2.08 bits per heavy atom. The van der Waals surface area contributed by atoms with Crippen molar-refractivity contribution in [2.24, 2.45) is 4.99 Å². The number of phenols is 1. The van der Waals surface area contributed by atoms with Crippen LogP contribution in [0.4, 0.5) is 5.69 Å². The van der Waals surface area contributed by atoms with Gasteiger partial charge in [0.05, 0.1) is 4.47 Å². The Balaban J connectivity index is 3.17. The van der Waals surface area contributed by atoms with E-state index in [0.29, 0.717) is 10.2 Å². The van der Waals surface area contributed by atoms with Crippen molar-refractivity contribution >= 4 is 27.3 Å². The third-order valence-electron chi connectivity index (χ3n) is 1.31. The molecule has 64 valence electrons. The quantitative estimate of drug-likeness (QED) is 0.735. The SMILES string of the molecule is CC(C)=Nc1cccc(Br)c1O. The van der Waals surface area contributed by atoms with Crippen LogP contribution in [-0.4, -0.2) is 10.8 Å². The highest BCUT2D eigenvalue weighted by Gasteiger charge is 2.01. The molecule has 1 aromatic rings. The third-order valence-corrected chi connectivity index (χ3v) is 1.95. The minimum absolute atomic E-state index is 0.193. The third kappa shape index (κ3) is 2.08. The van der Waals surface area contributed by atoms with Gasteiger partial charge in [0.25, 0.3) is 0 Å². The maximum Gasteiger partial charge on any atom is 0.155 e. The number of nitrogens with zero attached hydrogens (tertiary/aromatic N) is 1. The summed E-state index contributed by atoms with van der Waals surface area (Å²) in [6.45, 7) is 3.78. The lowest BCUT2D eigenvalue weighted by Gasteiger charge is -2.00. The van der Waals surface area contributed by atoms with Crippen LogP contribution >= 0.6 is 15.9 Å². The van der Waals surface area contributed by atoms with E-state index in [1.54, 1.807) is 12.1 Å². The average molecular weight is 228 g/mol. The predicted molar refractivity (Wildman–Crippen MR) is 54.2 cm³/mol. The molecule has 1 N–H and O–H groups in total. The number of hydrogen-bond donors (Lipinski definition) is 1. The second kappa shape index (κ2) is 3.72. The maximum absolute atomic E-state index is 9.49. The van der Waals surface area contributed by atoms with Crippen LogP contribution < -0.4 is 0 Å². The van der Waals surface area contributed by atoms with Gasteiger partial charge in [0.1, 0.15) is 5.69 Å². The summed E-state index contributed by atoms with van der Waals surface area (Å²) < 4.78 is 0.671. The van der Waals surface area contributed by atoms with Crippen molar-refractivity contribution < 1.29 is 5.11 Å². The van der Waals surface area contributed by atoms with E-state index in [1.165, 1.54) is 0 Å². The van der Waals surface area contributed by atoms with Crippen LogP contribution in [0, 0.1) is 0 Å². The summed E-state index contributed by atoms with van der Waals surface area (Å²) >= 11 is 3.22. The molecule has 0 spiro atoms. The molecule has 2 nitrogen and oxygen atoms in total. The van der Waals surface area contributed by atoms with E-state index in [2.05, 4.69) is 20.9 Å². The number of hydrogen-bond acceptors (Lipinski definition) is 2. The predicted octanol–water partition coefficient (Wildman–Crippen LogP) is 3.27. The summed E-state index contributed by atoms with van der Waals surface area (Å²) in [6, 6.07) is 5.39. The molecule has 0 aliphatic carbocycles. The smallest absolute Gasteiger partial charge is 0.155 e. The van der Waals surface area contributed by atoms with E-state index in [0.717, 1.165) is 5.71 Å². The molecule has 3 heteroatoms. The summed E-state index contributed by atoms with van der Waals surface area (Å²) in [5, 5.41) is 9.49. The number of aliphatic imine (C=N–C) groups is 1. The Morgan fingerprint density at radius 3 is 2.67 bits per heavy atom. The zero-order chi connectivity index (χ0) is 9.14. The van der Waals surface area contributed by atoms with Gasteiger partial charge in [-0.1, -0.05) is 6.07 Å². The molecule has 0 saturated carbocycles. The molecule has 12 heavy (non-hydrogen) atoms. The maximum atomic E-state index is 9.49. The second-order valence-electron chi connectivity index (χ2n) is 2.67. The Hall–Kier alpha value is -0.830. The molecule has 0 atom stereocenters. The molecule has 0 unspecified atom stereocenters. The van der Waals surface area contributed by atoms with Gasteiger partial charge in [-0.15, -0.1) is 0 Å². The lowest BCUT2D eigenvalue weighted by molar-refractivity contribution is 0.473. The van der Waals surface area contributed by atoms with E-state index >= 15 is 0 Å². The van der Waals surface area contributed by atoms with E-state index in [1.807, 2.05) is 19.9 Å². The van der Waals surface area contributed by atoms with Crippen molar-refractivity contribution in [2.75, 3.05) is 0 Å². The summed E-state index contributed by atoms with van der Waals surface area (Å²) in [6.07, 6.45) is 0. The van der Waals surface area contributed by atoms with Crippen molar-refractivity contribution in [1.82, 2.24) is 0 Å². The van der Waals surface area contributed by atoms with Crippen LogP contribution in [0.5, 0.6) is 5.75 Å². The molecular weight excluding hydrogens is 218 g/mol. The van der Waals surface area contributed by atoms with Gasteiger partial charge >= 0.3 is 0 Å². The van der Waals surface area contributed by atoms with E-state index in [4.69, 9.17) is 0 Å². The second-order valence-corrected chi connectivity index (χ2v) is 3.52. The fourth-order valence-corrected chi connectivity index (χ4v) is 1.19. The monoisotopic (exact) mass is 227 g/mol. The first kappa shape index (κ1) is 9.26. The molecule has 0 fully saturated rings. The van der Waals surface area contributed by atoms with Gasteiger partial charge in [0.2, 0.25) is 0 Å². The molecule has 1 aromatic carbocycles. The fraction of sp³-hybridized carbons (Fsp3) is 0.222. The molecule has 0 aliphatic heterocycles. The highest BCUT2D eigenvalue weighted by molar-refractivity contribution is 9.10. The summed E-state index contributed by atoms with van der Waals surface area (Å²) in [4.78, 5) is 4.16. The first-order chi connectivity index (χ1) is 5.61. The van der Waals surface area contributed by atoms with Crippen LogP contribution in [0.25, 0.3) is 0 Å². The van der Waals surface area contributed by atoms with Crippen LogP contribution in [0.2, 0.25) is 0 Å². The van der Waals surface area contributed by atoms with Crippen molar-refractivity contribution in [3.8, 4) is 5.75 Å². The van der Waals surface area contributed by atoms with Crippen molar-refractivity contribution in [1.29, 1.82) is 0 Å². The van der Waals surface area contributed by atoms with Gasteiger partial charge in [0.15, 0.2) is 5.75 Å². The normalized spacial score (nSPS) is 9.58. The van der Waals surface area contributed by atoms with Crippen LogP contribution in [0.1, 0.15) is 13.8 Å². The number of benzene rings is 1. The molecule has 1 rings (SSSR count). The van der Waals surface area contributed by atoms with Gasteiger partial charge in [-0.05, 0) is 41.9 Å². The Bertz CT molecular complexity index is 316. The topological polar surface area (TPSA) is 32.6 Å². The summed E-state index contributed by atoms with van der Waals surface area (Å²) in [7, 11) is 0. The lowest BCUT2D eigenvalue weighted by atomic mass is 10.3. The Kier molecular flexibility index (Phi) is 2.87. The average Bonchev–Trinajstić information content (AvgIpc) is 1.98. The Labute approximate surface area is 80.1 Å². The first-order valence-corrected chi connectivity index (χ1v) is 4.40. The fourth-order valence-electron chi connectivity index (χ4n) is 0.835. The minimum Gasteiger partial charge on any atom is -0.505 e. The molecule has 0 amide bonds. The Morgan fingerprint density at radius 1 is 1.42 bits per heavy atom. The molecule has 0 aromatic heterocycles. The molecule has 0 saturated heterocycles. The molecular formula is C9H10BrNO. The van der Waals surface area contributed by atoms with Gasteiger partial charge in [-0.2, -0.15) is 0 Å². The van der Waals surface area contributed by atoms with Crippen LogP contribution in [0.3, 0.4) is 0 Å². The summed E-state index contributed by atoms with van der Waals surface area (Å²) in [5.41, 5.74) is 1.52. The van der Waals surface area contributed by atoms with Crippen molar-refractivity contribution in [3.05, 3.63) is 22.7 Å². The minimum atomic E-state index is 0.193.